The zero-order valence-electron chi connectivity index (χ0n) is 15.4. The van der Waals surface area contributed by atoms with E-state index in [2.05, 4.69) is 4.90 Å². The zero-order valence-corrected chi connectivity index (χ0v) is 16.2. The molecule has 0 aliphatic carbocycles. The van der Waals surface area contributed by atoms with Crippen LogP contribution in [0.15, 0.2) is 47.1 Å². The van der Waals surface area contributed by atoms with Gasteiger partial charge in [-0.05, 0) is 30.3 Å². The molecular formula is C20H24ClN3O3. The lowest BCUT2D eigenvalue weighted by atomic mass is 10.2. The molecule has 1 fully saturated rings. The molecule has 2 aromatic rings. The number of carbonyl (C=O) groups is 2. The lowest BCUT2D eigenvalue weighted by molar-refractivity contribution is -0.134. The van der Waals surface area contributed by atoms with Gasteiger partial charge in [0.25, 0.3) is 0 Å². The van der Waals surface area contributed by atoms with Gasteiger partial charge in [-0.3, -0.25) is 9.59 Å². The number of piperazine rings is 1. The molecule has 1 aliphatic rings. The molecule has 3 rings (SSSR count). The molecule has 7 heteroatoms. The summed E-state index contributed by atoms with van der Waals surface area (Å²) >= 11 is 6.06. The van der Waals surface area contributed by atoms with Gasteiger partial charge >= 0.3 is 0 Å². The van der Waals surface area contributed by atoms with E-state index >= 15 is 0 Å². The second-order valence-corrected chi connectivity index (χ2v) is 7.05. The van der Waals surface area contributed by atoms with E-state index in [0.29, 0.717) is 43.4 Å². The molecule has 1 aromatic heterocycles. The molecule has 27 heavy (non-hydrogen) atoms. The van der Waals surface area contributed by atoms with Gasteiger partial charge in [0.1, 0.15) is 5.76 Å². The third-order valence-electron chi connectivity index (χ3n) is 4.77. The van der Waals surface area contributed by atoms with Crippen LogP contribution in [0.5, 0.6) is 0 Å². The molecule has 2 heterocycles. The average Bonchev–Trinajstić information content (AvgIpc) is 3.18. The molecule has 0 bridgehead atoms. The predicted molar refractivity (Wildman–Crippen MR) is 105 cm³/mol. The largest absolute Gasteiger partial charge is 0.467 e. The van der Waals surface area contributed by atoms with Crippen molar-refractivity contribution in [2.24, 2.45) is 0 Å². The minimum Gasteiger partial charge on any atom is -0.467 e. The Labute approximate surface area is 164 Å². The van der Waals surface area contributed by atoms with Gasteiger partial charge in [0.05, 0.1) is 12.8 Å². The number of nitrogens with zero attached hydrogens (tertiary/aromatic N) is 3. The summed E-state index contributed by atoms with van der Waals surface area (Å²) in [5.74, 6) is 0.726. The van der Waals surface area contributed by atoms with Crippen molar-refractivity contribution < 1.29 is 14.0 Å². The number of amides is 2. The molecule has 144 valence electrons. The fourth-order valence-electron chi connectivity index (χ4n) is 3.21. The van der Waals surface area contributed by atoms with Gasteiger partial charge in [-0.2, -0.15) is 0 Å². The Hall–Kier alpha value is -2.47. The van der Waals surface area contributed by atoms with Gasteiger partial charge in [-0.15, -0.1) is 0 Å². The van der Waals surface area contributed by atoms with E-state index in [1.54, 1.807) is 17.2 Å². The Kier molecular flexibility index (Phi) is 6.40. The molecule has 6 nitrogen and oxygen atoms in total. The minimum atomic E-state index is -0.0648. The maximum Gasteiger partial charge on any atom is 0.224 e. The Morgan fingerprint density at radius 1 is 1.15 bits per heavy atom. The molecule has 0 N–H and O–H groups in total. The van der Waals surface area contributed by atoms with Crippen LogP contribution in [0.4, 0.5) is 5.69 Å². The molecule has 1 aliphatic heterocycles. The van der Waals surface area contributed by atoms with Crippen LogP contribution in [0.25, 0.3) is 0 Å². The zero-order chi connectivity index (χ0) is 19.2. The van der Waals surface area contributed by atoms with Gasteiger partial charge in [-0.25, -0.2) is 0 Å². The number of halogens is 1. The second-order valence-electron chi connectivity index (χ2n) is 6.62. The number of carbonyl (C=O) groups excluding carboxylic acids is 2. The van der Waals surface area contributed by atoms with Crippen LogP contribution in [0.1, 0.15) is 19.1 Å². The lowest BCUT2D eigenvalue weighted by Crippen LogP contribution is -2.49. The normalized spacial score (nSPS) is 14.3. The summed E-state index contributed by atoms with van der Waals surface area (Å²) in [6.07, 6.45) is 1.90. The number of benzene rings is 1. The first-order valence-corrected chi connectivity index (χ1v) is 9.47. The maximum absolute atomic E-state index is 12.5. The third kappa shape index (κ3) is 5.26. The molecular weight excluding hydrogens is 366 g/mol. The van der Waals surface area contributed by atoms with Gasteiger partial charge in [0, 0.05) is 56.8 Å². The Balaban J connectivity index is 1.48. The van der Waals surface area contributed by atoms with E-state index in [9.17, 15) is 9.59 Å². The molecule has 0 spiro atoms. The summed E-state index contributed by atoms with van der Waals surface area (Å²) in [5, 5.41) is 0.715. The smallest absolute Gasteiger partial charge is 0.224 e. The number of hydrogen-bond acceptors (Lipinski definition) is 4. The van der Waals surface area contributed by atoms with Crippen molar-refractivity contribution in [1.82, 2.24) is 9.80 Å². The highest BCUT2D eigenvalue weighted by Crippen LogP contribution is 2.21. The Morgan fingerprint density at radius 2 is 1.93 bits per heavy atom. The van der Waals surface area contributed by atoms with Crippen LogP contribution in [-0.2, 0) is 16.1 Å². The number of anilines is 1. The monoisotopic (exact) mass is 389 g/mol. The predicted octanol–water partition coefficient (Wildman–Crippen LogP) is 3.02. The molecule has 0 saturated carbocycles. The fraction of sp³-hybridized carbons (Fsp3) is 0.400. The second kappa shape index (κ2) is 8.95. The van der Waals surface area contributed by atoms with Gasteiger partial charge < -0.3 is 19.1 Å². The highest BCUT2D eigenvalue weighted by Gasteiger charge is 2.22. The van der Waals surface area contributed by atoms with E-state index in [4.69, 9.17) is 16.0 Å². The van der Waals surface area contributed by atoms with Gasteiger partial charge in [0.2, 0.25) is 11.8 Å². The highest BCUT2D eigenvalue weighted by atomic mass is 35.5. The van der Waals surface area contributed by atoms with Crippen molar-refractivity contribution in [2.45, 2.75) is 19.9 Å². The Bertz CT molecular complexity index is 771. The first-order chi connectivity index (χ1) is 13.0. The van der Waals surface area contributed by atoms with Crippen LogP contribution in [-0.4, -0.2) is 54.3 Å². The van der Waals surface area contributed by atoms with E-state index in [1.165, 1.54) is 6.92 Å². The fourth-order valence-corrected chi connectivity index (χ4v) is 3.40. The maximum atomic E-state index is 12.5. The molecule has 0 unspecified atom stereocenters. The first kappa shape index (κ1) is 19.3. The van der Waals surface area contributed by atoms with Crippen molar-refractivity contribution in [3.63, 3.8) is 0 Å². The van der Waals surface area contributed by atoms with Crippen molar-refractivity contribution in [2.75, 3.05) is 37.6 Å². The van der Waals surface area contributed by atoms with Crippen LogP contribution < -0.4 is 4.90 Å². The summed E-state index contributed by atoms with van der Waals surface area (Å²) in [6, 6.07) is 11.4. The van der Waals surface area contributed by atoms with Crippen LogP contribution >= 0.6 is 11.6 Å². The minimum absolute atomic E-state index is 0.0648. The number of furan rings is 1. The van der Waals surface area contributed by atoms with E-state index < -0.39 is 0 Å². The summed E-state index contributed by atoms with van der Waals surface area (Å²) in [6.45, 7) is 5.18. The lowest BCUT2D eigenvalue weighted by Gasteiger charge is -2.36. The highest BCUT2D eigenvalue weighted by molar-refractivity contribution is 6.30. The van der Waals surface area contributed by atoms with E-state index in [0.717, 1.165) is 18.8 Å². The summed E-state index contributed by atoms with van der Waals surface area (Å²) in [4.78, 5) is 30.1. The first-order valence-electron chi connectivity index (χ1n) is 9.09. The van der Waals surface area contributed by atoms with Crippen molar-refractivity contribution in [1.29, 1.82) is 0 Å². The molecule has 2 amide bonds. The third-order valence-corrected chi connectivity index (χ3v) is 5.01. The topological polar surface area (TPSA) is 57.0 Å². The summed E-state index contributed by atoms with van der Waals surface area (Å²) < 4.78 is 5.30. The van der Waals surface area contributed by atoms with Crippen LogP contribution in [0.3, 0.4) is 0 Å². The van der Waals surface area contributed by atoms with Gasteiger partial charge in [0.15, 0.2) is 0 Å². The van der Waals surface area contributed by atoms with Crippen molar-refractivity contribution in [3.8, 4) is 0 Å². The molecule has 1 saturated heterocycles. The SMILES string of the molecule is CC(=O)N(CCC(=O)N1CCN(c2cccc(Cl)c2)CC1)Cc1ccco1. The molecule has 0 radical (unpaired) electrons. The molecule has 0 atom stereocenters. The van der Waals surface area contributed by atoms with Crippen molar-refractivity contribution >= 4 is 29.1 Å². The number of rotatable bonds is 6. The van der Waals surface area contributed by atoms with E-state index in [1.807, 2.05) is 35.2 Å². The van der Waals surface area contributed by atoms with E-state index in [-0.39, 0.29) is 11.8 Å². The summed E-state index contributed by atoms with van der Waals surface area (Å²) in [7, 11) is 0. The average molecular weight is 390 g/mol. The van der Waals surface area contributed by atoms with Gasteiger partial charge in [-0.1, -0.05) is 17.7 Å². The summed E-state index contributed by atoms with van der Waals surface area (Å²) in [5.41, 5.74) is 1.08. The molecule has 1 aromatic carbocycles. The number of hydrogen-bond donors (Lipinski definition) is 0. The Morgan fingerprint density at radius 3 is 2.56 bits per heavy atom. The van der Waals surface area contributed by atoms with Crippen LogP contribution in [0.2, 0.25) is 5.02 Å². The van der Waals surface area contributed by atoms with Crippen molar-refractivity contribution in [3.05, 3.63) is 53.4 Å². The van der Waals surface area contributed by atoms with Crippen LogP contribution in [0, 0.1) is 0 Å². The standard InChI is InChI=1S/C20H24ClN3O3/c1-16(25)24(15-19-6-3-13-27-19)8-7-20(26)23-11-9-22(10-12-23)18-5-2-4-17(21)14-18/h2-6,13-14H,7-12,15H2,1H3. The quantitative estimate of drug-likeness (QED) is 0.762.